The molecule has 0 fully saturated rings. The zero-order chi connectivity index (χ0) is 17.0. The largest absolute Gasteiger partial charge is 0.350 e. The molecule has 3 rings (SSSR count). The van der Waals surface area contributed by atoms with Gasteiger partial charge in [0, 0.05) is 24.6 Å². The number of hydrogen-bond acceptors (Lipinski definition) is 5. The normalized spacial score (nSPS) is 11.2. The number of nitrogens with zero attached hydrogens (tertiary/aromatic N) is 2. The van der Waals surface area contributed by atoms with Crippen LogP contribution in [0.25, 0.3) is 11.3 Å². The Morgan fingerprint density at radius 2 is 1.67 bits per heavy atom. The van der Waals surface area contributed by atoms with Crippen molar-refractivity contribution in [1.29, 1.82) is 0 Å². The molecule has 1 aromatic heterocycles. The van der Waals surface area contributed by atoms with Crippen LogP contribution in [0.5, 0.6) is 0 Å². The minimum atomic E-state index is -3.19. The quantitative estimate of drug-likeness (QED) is 0.773. The van der Waals surface area contributed by atoms with Crippen molar-refractivity contribution in [2.75, 3.05) is 11.6 Å². The van der Waals surface area contributed by atoms with E-state index < -0.39 is 9.84 Å². The van der Waals surface area contributed by atoms with Crippen LogP contribution >= 0.6 is 0 Å². The van der Waals surface area contributed by atoms with Crippen molar-refractivity contribution in [3.8, 4) is 11.3 Å². The lowest BCUT2D eigenvalue weighted by Crippen LogP contribution is -2.03. The van der Waals surface area contributed by atoms with Crippen molar-refractivity contribution in [1.82, 2.24) is 9.97 Å². The smallest absolute Gasteiger partial charge is 0.223 e. The maximum absolute atomic E-state index is 11.5. The van der Waals surface area contributed by atoms with E-state index >= 15 is 0 Å². The first-order chi connectivity index (χ1) is 11.5. The molecule has 24 heavy (non-hydrogen) atoms. The van der Waals surface area contributed by atoms with Gasteiger partial charge in [0.15, 0.2) is 9.84 Å². The van der Waals surface area contributed by atoms with Crippen LogP contribution in [0.3, 0.4) is 0 Å². The number of benzene rings is 2. The average Bonchev–Trinajstić information content (AvgIpc) is 2.60. The summed E-state index contributed by atoms with van der Waals surface area (Å²) in [5.41, 5.74) is 2.72. The van der Waals surface area contributed by atoms with E-state index in [2.05, 4.69) is 15.3 Å². The first-order valence-electron chi connectivity index (χ1n) is 7.44. The van der Waals surface area contributed by atoms with Crippen molar-refractivity contribution >= 4 is 15.8 Å². The lowest BCUT2D eigenvalue weighted by Gasteiger charge is -2.07. The Kier molecular flexibility index (Phi) is 4.57. The van der Waals surface area contributed by atoms with Crippen molar-refractivity contribution in [3.05, 3.63) is 72.4 Å². The highest BCUT2D eigenvalue weighted by Gasteiger charge is 2.08. The van der Waals surface area contributed by atoms with Gasteiger partial charge in [0.1, 0.15) is 0 Å². The Bertz CT molecular complexity index is 924. The molecule has 3 aromatic rings. The third kappa shape index (κ3) is 3.97. The predicted octanol–water partition coefficient (Wildman–Crippen LogP) is 3.16. The maximum atomic E-state index is 11.5. The van der Waals surface area contributed by atoms with E-state index in [0.29, 0.717) is 17.4 Å². The van der Waals surface area contributed by atoms with Gasteiger partial charge in [-0.1, -0.05) is 42.5 Å². The van der Waals surface area contributed by atoms with E-state index in [4.69, 9.17) is 0 Å². The summed E-state index contributed by atoms with van der Waals surface area (Å²) in [7, 11) is -3.19. The summed E-state index contributed by atoms with van der Waals surface area (Å²) in [4.78, 5) is 8.99. The number of rotatable bonds is 5. The zero-order valence-corrected chi connectivity index (χ0v) is 14.0. The van der Waals surface area contributed by atoms with Crippen LogP contribution in [-0.4, -0.2) is 24.6 Å². The Morgan fingerprint density at radius 1 is 0.958 bits per heavy atom. The van der Waals surface area contributed by atoms with Crippen molar-refractivity contribution in [2.45, 2.75) is 11.4 Å². The summed E-state index contributed by atoms with van der Waals surface area (Å²) >= 11 is 0. The molecule has 0 aliphatic carbocycles. The number of nitrogens with one attached hydrogen (secondary N) is 1. The molecular formula is C18H17N3O2S. The van der Waals surface area contributed by atoms with Gasteiger partial charge in [-0.2, -0.15) is 0 Å². The van der Waals surface area contributed by atoms with Gasteiger partial charge in [0.2, 0.25) is 5.95 Å². The number of aromatic nitrogens is 2. The van der Waals surface area contributed by atoms with E-state index in [-0.39, 0.29) is 0 Å². The Morgan fingerprint density at radius 3 is 2.33 bits per heavy atom. The first kappa shape index (κ1) is 16.1. The Balaban J connectivity index is 1.77. The van der Waals surface area contributed by atoms with Gasteiger partial charge in [-0.25, -0.2) is 18.4 Å². The van der Waals surface area contributed by atoms with Gasteiger partial charge in [-0.05, 0) is 23.8 Å². The third-order valence-electron chi connectivity index (χ3n) is 3.53. The van der Waals surface area contributed by atoms with E-state index in [0.717, 1.165) is 16.8 Å². The maximum Gasteiger partial charge on any atom is 0.223 e. The predicted molar refractivity (Wildman–Crippen MR) is 94.3 cm³/mol. The molecule has 0 amide bonds. The minimum absolute atomic E-state index is 0.294. The van der Waals surface area contributed by atoms with Gasteiger partial charge in [0.25, 0.3) is 0 Å². The summed E-state index contributed by atoms with van der Waals surface area (Å²) < 4.78 is 23.0. The molecule has 0 aliphatic heterocycles. The number of sulfone groups is 1. The van der Waals surface area contributed by atoms with E-state index in [1.54, 1.807) is 36.5 Å². The van der Waals surface area contributed by atoms with Crippen LogP contribution in [0.15, 0.2) is 71.8 Å². The second kappa shape index (κ2) is 6.80. The standard InChI is InChI=1S/C18H17N3O2S/c1-24(22,23)16-9-7-15(8-10-16)17-11-12-19-18(21-17)20-13-14-5-3-2-4-6-14/h2-12H,13H2,1H3,(H,19,20,21). The summed E-state index contributed by atoms with van der Waals surface area (Å²) in [6.07, 6.45) is 2.87. The van der Waals surface area contributed by atoms with Crippen LogP contribution < -0.4 is 5.32 Å². The van der Waals surface area contributed by atoms with Gasteiger partial charge in [-0.15, -0.1) is 0 Å². The first-order valence-corrected chi connectivity index (χ1v) is 9.33. The zero-order valence-electron chi connectivity index (χ0n) is 13.2. The fourth-order valence-corrected chi connectivity index (χ4v) is 2.88. The molecule has 0 bridgehead atoms. The van der Waals surface area contributed by atoms with Crippen LogP contribution in [-0.2, 0) is 16.4 Å². The second-order valence-corrected chi connectivity index (χ2v) is 7.42. The fourth-order valence-electron chi connectivity index (χ4n) is 2.25. The average molecular weight is 339 g/mol. The molecule has 122 valence electrons. The highest BCUT2D eigenvalue weighted by Crippen LogP contribution is 2.20. The van der Waals surface area contributed by atoms with Crippen LogP contribution in [0.2, 0.25) is 0 Å². The molecule has 0 saturated heterocycles. The van der Waals surface area contributed by atoms with E-state index in [9.17, 15) is 8.42 Å². The van der Waals surface area contributed by atoms with Crippen molar-refractivity contribution in [3.63, 3.8) is 0 Å². The molecule has 0 spiro atoms. The molecule has 0 atom stereocenters. The summed E-state index contributed by atoms with van der Waals surface area (Å²) in [5.74, 6) is 0.531. The van der Waals surface area contributed by atoms with Crippen LogP contribution in [0, 0.1) is 0 Å². The van der Waals surface area contributed by atoms with Gasteiger partial charge in [-0.3, -0.25) is 0 Å². The summed E-state index contributed by atoms with van der Waals surface area (Å²) in [6, 6.07) is 18.5. The van der Waals surface area contributed by atoms with Gasteiger partial charge in [0.05, 0.1) is 10.6 Å². The summed E-state index contributed by atoms with van der Waals surface area (Å²) in [5, 5.41) is 3.19. The second-order valence-electron chi connectivity index (χ2n) is 5.40. The number of anilines is 1. The fraction of sp³-hybridized carbons (Fsp3) is 0.111. The molecule has 0 unspecified atom stereocenters. The van der Waals surface area contributed by atoms with Gasteiger partial charge < -0.3 is 5.32 Å². The SMILES string of the molecule is CS(=O)(=O)c1ccc(-c2ccnc(NCc3ccccc3)n2)cc1. The van der Waals surface area contributed by atoms with E-state index in [1.807, 2.05) is 30.3 Å². The Hall–Kier alpha value is -2.73. The minimum Gasteiger partial charge on any atom is -0.350 e. The highest BCUT2D eigenvalue weighted by molar-refractivity contribution is 7.90. The molecule has 0 saturated carbocycles. The molecule has 0 radical (unpaired) electrons. The monoisotopic (exact) mass is 339 g/mol. The van der Waals surface area contributed by atoms with E-state index in [1.165, 1.54) is 6.26 Å². The molecular weight excluding hydrogens is 322 g/mol. The topological polar surface area (TPSA) is 72.0 Å². The molecule has 0 aliphatic rings. The number of hydrogen-bond donors (Lipinski definition) is 1. The Labute approximate surface area is 141 Å². The van der Waals surface area contributed by atoms with Gasteiger partial charge >= 0.3 is 0 Å². The molecule has 2 aromatic carbocycles. The molecule has 5 nitrogen and oxygen atoms in total. The van der Waals surface area contributed by atoms with Crippen molar-refractivity contribution < 1.29 is 8.42 Å². The van der Waals surface area contributed by atoms with Crippen molar-refractivity contribution in [2.24, 2.45) is 0 Å². The summed E-state index contributed by atoms with van der Waals surface area (Å²) in [6.45, 7) is 0.636. The third-order valence-corrected chi connectivity index (χ3v) is 4.66. The molecule has 1 N–H and O–H groups in total. The molecule has 1 heterocycles. The van der Waals surface area contributed by atoms with Crippen LogP contribution in [0.1, 0.15) is 5.56 Å². The van der Waals surface area contributed by atoms with Crippen LogP contribution in [0.4, 0.5) is 5.95 Å². The lowest BCUT2D eigenvalue weighted by atomic mass is 10.1. The lowest BCUT2D eigenvalue weighted by molar-refractivity contribution is 0.602. The highest BCUT2D eigenvalue weighted by atomic mass is 32.2. The molecule has 6 heteroatoms.